The van der Waals surface area contributed by atoms with Crippen LogP contribution in [0.2, 0.25) is 0 Å². The third-order valence-electron chi connectivity index (χ3n) is 3.16. The quantitative estimate of drug-likeness (QED) is 0.744. The standard InChI is InChI=1S/C16H18F2N2OS2/c1-11-7-8-22-14(11)9-20(2)10-15(21)19-12-3-5-13(6-4-12)23-16(17)18/h3-8,16H,9-10H2,1-2H3,(H,19,21). The van der Waals surface area contributed by atoms with Gasteiger partial charge in [-0.15, -0.1) is 11.3 Å². The Morgan fingerprint density at radius 1 is 1.30 bits per heavy atom. The molecular weight excluding hydrogens is 338 g/mol. The summed E-state index contributed by atoms with van der Waals surface area (Å²) in [7, 11) is 1.89. The predicted octanol–water partition coefficient (Wildman–Crippen LogP) is 4.44. The summed E-state index contributed by atoms with van der Waals surface area (Å²) in [5, 5.41) is 4.81. The van der Waals surface area contributed by atoms with Gasteiger partial charge in [0.1, 0.15) is 0 Å². The lowest BCUT2D eigenvalue weighted by molar-refractivity contribution is -0.117. The number of carbonyl (C=O) groups is 1. The highest BCUT2D eigenvalue weighted by molar-refractivity contribution is 7.99. The number of thioether (sulfide) groups is 1. The van der Waals surface area contributed by atoms with E-state index >= 15 is 0 Å². The van der Waals surface area contributed by atoms with Gasteiger partial charge in [-0.05, 0) is 55.2 Å². The van der Waals surface area contributed by atoms with E-state index in [-0.39, 0.29) is 12.5 Å². The number of nitrogens with zero attached hydrogens (tertiary/aromatic N) is 1. The molecule has 0 saturated carbocycles. The Hall–Kier alpha value is -1.44. The fraction of sp³-hybridized carbons (Fsp3) is 0.312. The number of rotatable bonds is 7. The van der Waals surface area contributed by atoms with Crippen LogP contribution in [-0.2, 0) is 11.3 Å². The lowest BCUT2D eigenvalue weighted by Crippen LogP contribution is -2.29. The molecule has 1 aromatic carbocycles. The number of carbonyl (C=O) groups excluding carboxylic acids is 1. The zero-order valence-electron chi connectivity index (χ0n) is 12.9. The van der Waals surface area contributed by atoms with Gasteiger partial charge in [-0.25, -0.2) is 0 Å². The van der Waals surface area contributed by atoms with Crippen molar-refractivity contribution in [3.8, 4) is 0 Å². The zero-order valence-corrected chi connectivity index (χ0v) is 14.5. The lowest BCUT2D eigenvalue weighted by atomic mass is 10.3. The van der Waals surface area contributed by atoms with Crippen LogP contribution < -0.4 is 5.32 Å². The monoisotopic (exact) mass is 356 g/mol. The minimum absolute atomic E-state index is 0.129. The molecule has 0 aliphatic rings. The Balaban J connectivity index is 1.83. The van der Waals surface area contributed by atoms with Crippen molar-refractivity contribution in [1.29, 1.82) is 0 Å². The van der Waals surface area contributed by atoms with Crippen molar-refractivity contribution in [3.63, 3.8) is 0 Å². The summed E-state index contributed by atoms with van der Waals surface area (Å²) < 4.78 is 24.5. The molecule has 1 heterocycles. The molecular formula is C16H18F2N2OS2. The molecule has 0 radical (unpaired) electrons. The van der Waals surface area contributed by atoms with Gasteiger partial charge in [0.05, 0.1) is 6.54 Å². The molecule has 1 N–H and O–H groups in total. The zero-order chi connectivity index (χ0) is 16.8. The first-order valence-electron chi connectivity index (χ1n) is 7.00. The van der Waals surface area contributed by atoms with Crippen LogP contribution >= 0.6 is 23.1 Å². The Morgan fingerprint density at radius 3 is 2.57 bits per heavy atom. The van der Waals surface area contributed by atoms with Crippen molar-refractivity contribution in [2.45, 2.75) is 24.1 Å². The molecule has 0 unspecified atom stereocenters. The molecule has 0 saturated heterocycles. The predicted molar refractivity (Wildman–Crippen MR) is 92.3 cm³/mol. The highest BCUT2D eigenvalue weighted by Crippen LogP contribution is 2.26. The summed E-state index contributed by atoms with van der Waals surface area (Å²) in [4.78, 5) is 15.7. The van der Waals surface area contributed by atoms with E-state index in [9.17, 15) is 13.6 Å². The minimum atomic E-state index is -2.44. The van der Waals surface area contributed by atoms with Crippen LogP contribution in [0.5, 0.6) is 0 Å². The fourth-order valence-electron chi connectivity index (χ4n) is 2.03. The second-order valence-electron chi connectivity index (χ2n) is 5.15. The maximum Gasteiger partial charge on any atom is 0.288 e. The van der Waals surface area contributed by atoms with Gasteiger partial charge < -0.3 is 5.32 Å². The molecule has 2 rings (SSSR count). The van der Waals surface area contributed by atoms with Gasteiger partial charge in [-0.1, -0.05) is 11.8 Å². The molecule has 124 valence electrons. The summed E-state index contributed by atoms with van der Waals surface area (Å²) in [6.45, 7) is 3.05. The number of halogens is 2. The van der Waals surface area contributed by atoms with Crippen LogP contribution in [0.15, 0.2) is 40.6 Å². The highest BCUT2D eigenvalue weighted by atomic mass is 32.2. The van der Waals surface area contributed by atoms with Gasteiger partial charge in [-0.2, -0.15) is 8.78 Å². The number of hydrogen-bond donors (Lipinski definition) is 1. The van der Waals surface area contributed by atoms with Crippen molar-refractivity contribution < 1.29 is 13.6 Å². The molecule has 3 nitrogen and oxygen atoms in total. The van der Waals surface area contributed by atoms with Gasteiger partial charge in [0.2, 0.25) is 5.91 Å². The number of alkyl halides is 2. The maximum atomic E-state index is 12.2. The number of likely N-dealkylation sites (N-methyl/N-ethyl adjacent to an activating group) is 1. The van der Waals surface area contributed by atoms with E-state index in [2.05, 4.69) is 18.3 Å². The highest BCUT2D eigenvalue weighted by Gasteiger charge is 2.10. The summed E-state index contributed by atoms with van der Waals surface area (Å²) in [5.74, 6) is -2.57. The molecule has 7 heteroatoms. The first-order chi connectivity index (χ1) is 10.9. The Labute approximate surface area is 142 Å². The van der Waals surface area contributed by atoms with Crippen molar-refractivity contribution in [2.75, 3.05) is 18.9 Å². The second kappa shape index (κ2) is 8.42. The molecule has 0 aliphatic carbocycles. The number of benzene rings is 1. The van der Waals surface area contributed by atoms with Gasteiger partial charge in [0, 0.05) is 22.0 Å². The van der Waals surface area contributed by atoms with E-state index in [0.29, 0.717) is 22.3 Å². The van der Waals surface area contributed by atoms with Gasteiger partial charge in [0.25, 0.3) is 5.76 Å². The summed E-state index contributed by atoms with van der Waals surface area (Å²) in [5.41, 5.74) is 1.84. The average Bonchev–Trinajstić information content (AvgIpc) is 2.85. The topological polar surface area (TPSA) is 32.3 Å². The number of amides is 1. The van der Waals surface area contributed by atoms with E-state index in [4.69, 9.17) is 0 Å². The molecule has 1 amide bonds. The molecule has 0 atom stereocenters. The molecule has 0 spiro atoms. The molecule has 2 aromatic rings. The second-order valence-corrected chi connectivity index (χ2v) is 7.21. The third kappa shape index (κ3) is 5.93. The molecule has 0 aliphatic heterocycles. The normalized spacial score (nSPS) is 11.2. The molecule has 1 aromatic heterocycles. The number of thiophene rings is 1. The van der Waals surface area contributed by atoms with Crippen molar-refractivity contribution in [1.82, 2.24) is 4.90 Å². The first kappa shape index (κ1) is 17.9. The summed E-state index contributed by atoms with van der Waals surface area (Å²) in [6, 6.07) is 8.47. The minimum Gasteiger partial charge on any atom is -0.325 e. The Morgan fingerprint density at radius 2 is 2.00 bits per heavy atom. The van der Waals surface area contributed by atoms with Crippen molar-refractivity contribution >= 4 is 34.7 Å². The summed E-state index contributed by atoms with van der Waals surface area (Å²) >= 11 is 2.17. The fourth-order valence-corrected chi connectivity index (χ4v) is 3.52. The summed E-state index contributed by atoms with van der Waals surface area (Å²) in [6.07, 6.45) is 0. The molecule has 23 heavy (non-hydrogen) atoms. The smallest absolute Gasteiger partial charge is 0.288 e. The van der Waals surface area contributed by atoms with Crippen LogP contribution in [0.25, 0.3) is 0 Å². The Kier molecular flexibility index (Phi) is 6.56. The molecule has 0 bridgehead atoms. The van der Waals surface area contributed by atoms with E-state index in [1.54, 1.807) is 35.6 Å². The van der Waals surface area contributed by atoms with Crippen LogP contribution in [0.4, 0.5) is 14.5 Å². The first-order valence-corrected chi connectivity index (χ1v) is 8.76. The number of nitrogens with one attached hydrogen (secondary N) is 1. The van der Waals surface area contributed by atoms with Crippen LogP contribution in [-0.4, -0.2) is 30.2 Å². The maximum absolute atomic E-state index is 12.2. The van der Waals surface area contributed by atoms with Crippen molar-refractivity contribution in [3.05, 3.63) is 46.2 Å². The lowest BCUT2D eigenvalue weighted by Gasteiger charge is -2.16. The average molecular weight is 356 g/mol. The van der Waals surface area contributed by atoms with Gasteiger partial charge in [0.15, 0.2) is 0 Å². The number of anilines is 1. The van der Waals surface area contributed by atoms with E-state index in [1.807, 2.05) is 17.3 Å². The van der Waals surface area contributed by atoms with Crippen LogP contribution in [0.1, 0.15) is 10.4 Å². The van der Waals surface area contributed by atoms with E-state index < -0.39 is 5.76 Å². The van der Waals surface area contributed by atoms with E-state index in [0.717, 1.165) is 6.54 Å². The molecule has 0 fully saturated rings. The van der Waals surface area contributed by atoms with Crippen LogP contribution in [0, 0.1) is 6.92 Å². The Bertz CT molecular complexity index is 644. The third-order valence-corrected chi connectivity index (χ3v) is 4.89. The largest absolute Gasteiger partial charge is 0.325 e. The number of hydrogen-bond acceptors (Lipinski definition) is 4. The van der Waals surface area contributed by atoms with Gasteiger partial charge >= 0.3 is 0 Å². The SMILES string of the molecule is Cc1ccsc1CN(C)CC(=O)Nc1ccc(SC(F)F)cc1. The van der Waals surface area contributed by atoms with Gasteiger partial charge in [-0.3, -0.25) is 9.69 Å². The number of aryl methyl sites for hydroxylation is 1. The van der Waals surface area contributed by atoms with Crippen LogP contribution in [0.3, 0.4) is 0 Å². The van der Waals surface area contributed by atoms with E-state index in [1.165, 1.54) is 10.4 Å². The van der Waals surface area contributed by atoms with Crippen molar-refractivity contribution in [2.24, 2.45) is 0 Å².